The van der Waals surface area contributed by atoms with Gasteiger partial charge in [0.1, 0.15) is 6.10 Å². The van der Waals surface area contributed by atoms with Crippen molar-refractivity contribution in [2.24, 2.45) is 5.92 Å². The highest BCUT2D eigenvalue weighted by Crippen LogP contribution is 2.28. The second-order valence-electron chi connectivity index (χ2n) is 4.17. The molecule has 0 saturated heterocycles. The van der Waals surface area contributed by atoms with E-state index in [9.17, 15) is 5.11 Å². The summed E-state index contributed by atoms with van der Waals surface area (Å²) in [5.41, 5.74) is 0. The van der Waals surface area contributed by atoms with Crippen LogP contribution >= 0.6 is 0 Å². The standard InChI is InChI=1S/C12H24O3/c1-3-14-12(15-4-2)11(13)10-8-6-5-7-9-10/h10-13H,3-9H2,1-2H3. The fraction of sp³-hybridized carbons (Fsp3) is 1.00. The zero-order valence-electron chi connectivity index (χ0n) is 9.95. The van der Waals surface area contributed by atoms with Gasteiger partial charge in [0.05, 0.1) is 0 Å². The average Bonchev–Trinajstić information content (AvgIpc) is 2.29. The van der Waals surface area contributed by atoms with Gasteiger partial charge in [0.2, 0.25) is 0 Å². The smallest absolute Gasteiger partial charge is 0.183 e. The summed E-state index contributed by atoms with van der Waals surface area (Å²) in [6.07, 6.45) is 5.10. The molecule has 90 valence electrons. The van der Waals surface area contributed by atoms with Gasteiger partial charge in [0, 0.05) is 13.2 Å². The number of hydrogen-bond donors (Lipinski definition) is 1. The number of rotatable bonds is 6. The third-order valence-electron chi connectivity index (χ3n) is 3.07. The maximum Gasteiger partial charge on any atom is 0.183 e. The molecule has 0 amide bonds. The van der Waals surface area contributed by atoms with Crippen LogP contribution < -0.4 is 0 Å². The topological polar surface area (TPSA) is 38.7 Å². The molecule has 0 aliphatic heterocycles. The van der Waals surface area contributed by atoms with Gasteiger partial charge < -0.3 is 14.6 Å². The molecule has 0 radical (unpaired) electrons. The van der Waals surface area contributed by atoms with E-state index in [1.54, 1.807) is 0 Å². The third kappa shape index (κ3) is 4.09. The molecule has 3 heteroatoms. The highest BCUT2D eigenvalue weighted by Gasteiger charge is 2.29. The lowest BCUT2D eigenvalue weighted by atomic mass is 9.85. The highest BCUT2D eigenvalue weighted by atomic mass is 16.7. The summed E-state index contributed by atoms with van der Waals surface area (Å²) in [6, 6.07) is 0. The van der Waals surface area contributed by atoms with Crippen LogP contribution in [0.2, 0.25) is 0 Å². The van der Waals surface area contributed by atoms with Crippen LogP contribution in [0.5, 0.6) is 0 Å². The predicted molar refractivity (Wildman–Crippen MR) is 59.6 cm³/mol. The molecule has 1 aliphatic carbocycles. The maximum atomic E-state index is 10.1. The van der Waals surface area contributed by atoms with Crippen molar-refractivity contribution >= 4 is 0 Å². The van der Waals surface area contributed by atoms with Gasteiger partial charge in [0.25, 0.3) is 0 Å². The zero-order chi connectivity index (χ0) is 11.1. The fourth-order valence-corrected chi connectivity index (χ4v) is 2.27. The van der Waals surface area contributed by atoms with Crippen molar-refractivity contribution in [2.75, 3.05) is 13.2 Å². The summed E-state index contributed by atoms with van der Waals surface area (Å²) in [7, 11) is 0. The van der Waals surface area contributed by atoms with Crippen LogP contribution in [0.15, 0.2) is 0 Å². The van der Waals surface area contributed by atoms with E-state index in [1.807, 2.05) is 13.8 Å². The van der Waals surface area contributed by atoms with Gasteiger partial charge in [-0.3, -0.25) is 0 Å². The summed E-state index contributed by atoms with van der Waals surface area (Å²) >= 11 is 0. The Morgan fingerprint density at radius 1 is 1.07 bits per heavy atom. The molecule has 1 aliphatic rings. The molecule has 15 heavy (non-hydrogen) atoms. The van der Waals surface area contributed by atoms with E-state index < -0.39 is 12.4 Å². The highest BCUT2D eigenvalue weighted by molar-refractivity contribution is 4.75. The Kier molecular flexibility index (Phi) is 6.22. The molecule has 1 rings (SSSR count). The Morgan fingerprint density at radius 2 is 1.60 bits per heavy atom. The van der Waals surface area contributed by atoms with Crippen LogP contribution in [-0.2, 0) is 9.47 Å². The van der Waals surface area contributed by atoms with E-state index in [4.69, 9.17) is 9.47 Å². The van der Waals surface area contributed by atoms with Crippen molar-refractivity contribution < 1.29 is 14.6 Å². The Morgan fingerprint density at radius 3 is 2.07 bits per heavy atom. The van der Waals surface area contributed by atoms with E-state index in [2.05, 4.69) is 0 Å². The van der Waals surface area contributed by atoms with E-state index in [0.717, 1.165) is 12.8 Å². The summed E-state index contributed by atoms with van der Waals surface area (Å²) in [4.78, 5) is 0. The lowest BCUT2D eigenvalue weighted by molar-refractivity contribution is -0.204. The molecule has 0 aromatic rings. The SMILES string of the molecule is CCOC(OCC)C(O)C1CCCCC1. The van der Waals surface area contributed by atoms with Crippen molar-refractivity contribution in [3.63, 3.8) is 0 Å². The Hall–Kier alpha value is -0.120. The fourth-order valence-electron chi connectivity index (χ4n) is 2.27. The normalized spacial score (nSPS) is 20.8. The molecule has 0 heterocycles. The van der Waals surface area contributed by atoms with Crippen molar-refractivity contribution in [3.8, 4) is 0 Å². The molecule has 1 N–H and O–H groups in total. The molecular formula is C12H24O3. The summed E-state index contributed by atoms with van der Waals surface area (Å²) < 4.78 is 10.9. The number of aliphatic hydroxyl groups is 1. The summed E-state index contributed by atoms with van der Waals surface area (Å²) in [5.74, 6) is 0.363. The van der Waals surface area contributed by atoms with E-state index in [0.29, 0.717) is 19.1 Å². The molecule has 0 spiro atoms. The average molecular weight is 216 g/mol. The number of ether oxygens (including phenoxy) is 2. The van der Waals surface area contributed by atoms with Gasteiger partial charge in [-0.15, -0.1) is 0 Å². The molecule has 0 aromatic carbocycles. The molecule has 1 fully saturated rings. The number of aliphatic hydroxyl groups excluding tert-OH is 1. The first-order valence-electron chi connectivity index (χ1n) is 6.20. The molecule has 3 nitrogen and oxygen atoms in total. The third-order valence-corrected chi connectivity index (χ3v) is 3.07. The van der Waals surface area contributed by atoms with Crippen molar-refractivity contribution in [1.82, 2.24) is 0 Å². The van der Waals surface area contributed by atoms with Crippen LogP contribution in [0.4, 0.5) is 0 Å². The first-order valence-corrected chi connectivity index (χ1v) is 6.20. The first-order chi connectivity index (χ1) is 7.29. The first kappa shape index (κ1) is 12.9. The monoisotopic (exact) mass is 216 g/mol. The Bertz CT molecular complexity index is 149. The molecule has 0 bridgehead atoms. The molecular weight excluding hydrogens is 192 g/mol. The second-order valence-corrected chi connectivity index (χ2v) is 4.17. The molecule has 1 unspecified atom stereocenters. The Labute approximate surface area is 92.8 Å². The van der Waals surface area contributed by atoms with Gasteiger partial charge in [0.15, 0.2) is 6.29 Å². The molecule has 1 atom stereocenters. The predicted octanol–water partition coefficient (Wildman–Crippen LogP) is 2.33. The maximum absolute atomic E-state index is 10.1. The number of hydrogen-bond acceptors (Lipinski definition) is 3. The minimum Gasteiger partial charge on any atom is -0.388 e. The summed E-state index contributed by atoms with van der Waals surface area (Å²) in [6.45, 7) is 5.04. The lowest BCUT2D eigenvalue weighted by Gasteiger charge is -2.31. The minimum absolute atomic E-state index is 0.363. The van der Waals surface area contributed by atoms with Crippen LogP contribution in [0.3, 0.4) is 0 Å². The van der Waals surface area contributed by atoms with E-state index in [1.165, 1.54) is 19.3 Å². The lowest BCUT2D eigenvalue weighted by Crippen LogP contribution is -2.38. The second kappa shape index (κ2) is 7.20. The Balaban J connectivity index is 2.41. The van der Waals surface area contributed by atoms with Crippen LogP contribution in [0, 0.1) is 5.92 Å². The van der Waals surface area contributed by atoms with Gasteiger partial charge >= 0.3 is 0 Å². The minimum atomic E-state index is -0.454. The quantitative estimate of drug-likeness (QED) is 0.693. The largest absolute Gasteiger partial charge is 0.388 e. The van der Waals surface area contributed by atoms with Gasteiger partial charge in [-0.25, -0.2) is 0 Å². The van der Waals surface area contributed by atoms with Crippen molar-refractivity contribution in [2.45, 2.75) is 58.3 Å². The van der Waals surface area contributed by atoms with Crippen molar-refractivity contribution in [1.29, 1.82) is 0 Å². The molecule has 1 saturated carbocycles. The van der Waals surface area contributed by atoms with Crippen LogP contribution in [-0.4, -0.2) is 30.7 Å². The van der Waals surface area contributed by atoms with Gasteiger partial charge in [-0.2, -0.15) is 0 Å². The van der Waals surface area contributed by atoms with Crippen LogP contribution in [0.25, 0.3) is 0 Å². The van der Waals surface area contributed by atoms with Crippen molar-refractivity contribution in [3.05, 3.63) is 0 Å². The summed E-state index contributed by atoms with van der Waals surface area (Å²) in [5, 5.41) is 10.1. The van der Waals surface area contributed by atoms with E-state index in [-0.39, 0.29) is 0 Å². The van der Waals surface area contributed by atoms with Crippen LogP contribution in [0.1, 0.15) is 46.0 Å². The van der Waals surface area contributed by atoms with E-state index >= 15 is 0 Å². The molecule has 0 aromatic heterocycles. The van der Waals surface area contributed by atoms with Gasteiger partial charge in [-0.05, 0) is 32.6 Å². The van der Waals surface area contributed by atoms with Gasteiger partial charge in [-0.1, -0.05) is 19.3 Å². The zero-order valence-corrected chi connectivity index (χ0v) is 9.95.